The quantitative estimate of drug-likeness (QED) is 0.820. The van der Waals surface area contributed by atoms with Crippen LogP contribution in [0.1, 0.15) is 23.5 Å². The first kappa shape index (κ1) is 18.3. The van der Waals surface area contributed by atoms with Gasteiger partial charge in [0.2, 0.25) is 5.91 Å². The van der Waals surface area contributed by atoms with E-state index in [1.165, 1.54) is 11.8 Å². The van der Waals surface area contributed by atoms with Crippen LogP contribution >= 0.6 is 11.6 Å². The molecule has 0 fully saturated rings. The van der Waals surface area contributed by atoms with Crippen molar-refractivity contribution in [3.63, 3.8) is 0 Å². The Labute approximate surface area is 141 Å². The van der Waals surface area contributed by atoms with Gasteiger partial charge in [-0.2, -0.15) is 23.4 Å². The van der Waals surface area contributed by atoms with Crippen LogP contribution < -0.4 is 0 Å². The molecule has 1 amide bonds. The molecule has 2 aromatic rings. The fraction of sp³-hybridized carbons (Fsp3) is 0.500. The van der Waals surface area contributed by atoms with Crippen LogP contribution in [0.3, 0.4) is 0 Å². The van der Waals surface area contributed by atoms with E-state index >= 15 is 0 Å². The Kier molecular flexibility index (Phi) is 5.22. The first-order valence-electron chi connectivity index (χ1n) is 7.12. The van der Waals surface area contributed by atoms with Crippen LogP contribution in [0.25, 0.3) is 0 Å². The van der Waals surface area contributed by atoms with Crippen molar-refractivity contribution < 1.29 is 18.0 Å². The first-order chi connectivity index (χ1) is 11.1. The zero-order valence-corrected chi connectivity index (χ0v) is 14.2. The molecule has 10 heteroatoms. The molecule has 132 valence electrons. The van der Waals surface area contributed by atoms with Gasteiger partial charge in [0.1, 0.15) is 0 Å². The largest absolute Gasteiger partial charge is 0.436 e. The van der Waals surface area contributed by atoms with E-state index in [1.807, 2.05) is 0 Å². The van der Waals surface area contributed by atoms with Crippen LogP contribution in [0.2, 0.25) is 5.02 Å². The standard InChI is InChI=1S/C14H17ClF3N5O/c1-9-12(15)13(14(16,17)18)20-23(9)7-5-11(24)21(2)8-10-4-6-22(3)19-10/h4,6H,5,7-8H2,1-3H3. The number of amides is 1. The average Bonchev–Trinajstić information content (AvgIpc) is 3.01. The second kappa shape index (κ2) is 6.84. The lowest BCUT2D eigenvalue weighted by molar-refractivity contribution is -0.141. The van der Waals surface area contributed by atoms with E-state index in [-0.39, 0.29) is 24.6 Å². The summed E-state index contributed by atoms with van der Waals surface area (Å²) in [6.45, 7) is 1.78. The molecule has 0 aromatic carbocycles. The summed E-state index contributed by atoms with van der Waals surface area (Å²) in [5.74, 6) is -0.222. The van der Waals surface area contributed by atoms with E-state index in [2.05, 4.69) is 10.2 Å². The number of aromatic nitrogens is 4. The fourth-order valence-corrected chi connectivity index (χ4v) is 2.44. The number of aryl methyl sites for hydroxylation is 2. The minimum atomic E-state index is -4.62. The number of hydrogen-bond acceptors (Lipinski definition) is 3. The topological polar surface area (TPSA) is 56.0 Å². The number of nitrogens with zero attached hydrogens (tertiary/aromatic N) is 5. The first-order valence-corrected chi connectivity index (χ1v) is 7.50. The SMILES string of the molecule is Cc1c(Cl)c(C(F)(F)F)nn1CCC(=O)N(C)Cc1ccn(C)n1. The Morgan fingerprint density at radius 3 is 2.54 bits per heavy atom. The number of halogens is 4. The third kappa shape index (κ3) is 4.08. The molecular formula is C14H17ClF3N5O. The molecule has 2 aromatic heterocycles. The van der Waals surface area contributed by atoms with Gasteiger partial charge in [0.05, 0.1) is 29.5 Å². The molecule has 24 heavy (non-hydrogen) atoms. The smallest absolute Gasteiger partial charge is 0.340 e. The minimum absolute atomic E-state index is 0.0134. The van der Waals surface area contributed by atoms with Crippen molar-refractivity contribution in [2.45, 2.75) is 32.6 Å². The number of rotatable bonds is 5. The fourth-order valence-electron chi connectivity index (χ4n) is 2.19. The van der Waals surface area contributed by atoms with E-state index in [0.717, 1.165) is 10.4 Å². The van der Waals surface area contributed by atoms with Crippen LogP contribution in [0, 0.1) is 6.92 Å². The summed E-state index contributed by atoms with van der Waals surface area (Å²) in [7, 11) is 3.38. The van der Waals surface area contributed by atoms with Crippen molar-refractivity contribution in [1.29, 1.82) is 0 Å². The van der Waals surface area contributed by atoms with Crippen LogP contribution in [-0.2, 0) is 31.1 Å². The minimum Gasteiger partial charge on any atom is -0.340 e. The van der Waals surface area contributed by atoms with Gasteiger partial charge in [0, 0.05) is 26.7 Å². The maximum atomic E-state index is 12.8. The average molecular weight is 364 g/mol. The van der Waals surface area contributed by atoms with Crippen LogP contribution in [0.15, 0.2) is 12.3 Å². The van der Waals surface area contributed by atoms with Crippen molar-refractivity contribution in [3.8, 4) is 0 Å². The molecule has 0 aliphatic heterocycles. The number of carbonyl (C=O) groups is 1. The lowest BCUT2D eigenvalue weighted by Crippen LogP contribution is -2.27. The molecule has 2 heterocycles. The molecule has 0 aliphatic rings. The van der Waals surface area contributed by atoms with Crippen LogP contribution in [0.5, 0.6) is 0 Å². The monoisotopic (exact) mass is 363 g/mol. The normalized spacial score (nSPS) is 11.8. The van der Waals surface area contributed by atoms with Crippen molar-refractivity contribution in [2.75, 3.05) is 7.05 Å². The van der Waals surface area contributed by atoms with E-state index in [4.69, 9.17) is 11.6 Å². The van der Waals surface area contributed by atoms with Gasteiger partial charge in [-0.05, 0) is 13.0 Å². The predicted molar refractivity (Wildman–Crippen MR) is 81.3 cm³/mol. The van der Waals surface area contributed by atoms with Gasteiger partial charge < -0.3 is 4.90 Å². The van der Waals surface area contributed by atoms with Gasteiger partial charge in [0.15, 0.2) is 5.69 Å². The number of hydrogen-bond donors (Lipinski definition) is 0. The summed E-state index contributed by atoms with van der Waals surface area (Å²) in [6.07, 6.45) is -2.84. The summed E-state index contributed by atoms with van der Waals surface area (Å²) in [5.41, 5.74) is -0.217. The molecule has 0 saturated heterocycles. The van der Waals surface area contributed by atoms with Crippen molar-refractivity contribution >= 4 is 17.5 Å². The Balaban J connectivity index is 1.99. The number of alkyl halides is 3. The molecule has 0 N–H and O–H groups in total. The molecule has 2 rings (SSSR count). The summed E-state index contributed by atoms with van der Waals surface area (Å²) < 4.78 is 41.0. The highest BCUT2D eigenvalue weighted by Crippen LogP contribution is 2.35. The second-order valence-electron chi connectivity index (χ2n) is 5.45. The van der Waals surface area contributed by atoms with E-state index in [9.17, 15) is 18.0 Å². The van der Waals surface area contributed by atoms with E-state index in [1.54, 1.807) is 31.0 Å². The highest BCUT2D eigenvalue weighted by Gasteiger charge is 2.38. The van der Waals surface area contributed by atoms with Gasteiger partial charge in [-0.1, -0.05) is 11.6 Å². The Morgan fingerprint density at radius 2 is 2.04 bits per heavy atom. The van der Waals surface area contributed by atoms with Crippen LogP contribution in [0.4, 0.5) is 13.2 Å². The zero-order chi connectivity index (χ0) is 18.1. The molecule has 0 bridgehead atoms. The Bertz CT molecular complexity index is 737. The lowest BCUT2D eigenvalue weighted by Gasteiger charge is -2.16. The summed E-state index contributed by atoms with van der Waals surface area (Å²) in [5, 5.41) is 7.21. The number of carbonyl (C=O) groups excluding carboxylic acids is 1. The molecule has 0 radical (unpaired) electrons. The molecular weight excluding hydrogens is 347 g/mol. The molecule has 0 spiro atoms. The third-order valence-electron chi connectivity index (χ3n) is 3.53. The van der Waals surface area contributed by atoms with Crippen molar-refractivity contribution in [3.05, 3.63) is 34.4 Å². The summed E-state index contributed by atoms with van der Waals surface area (Å²) in [6, 6.07) is 1.79. The maximum absolute atomic E-state index is 12.8. The van der Waals surface area contributed by atoms with E-state index < -0.39 is 16.9 Å². The Morgan fingerprint density at radius 1 is 1.38 bits per heavy atom. The van der Waals surface area contributed by atoms with Gasteiger partial charge in [-0.15, -0.1) is 0 Å². The molecule has 0 saturated carbocycles. The van der Waals surface area contributed by atoms with Crippen molar-refractivity contribution in [2.24, 2.45) is 7.05 Å². The summed E-state index contributed by atoms with van der Waals surface area (Å²) >= 11 is 5.68. The van der Waals surface area contributed by atoms with Gasteiger partial charge >= 0.3 is 6.18 Å². The van der Waals surface area contributed by atoms with Gasteiger partial charge in [-0.3, -0.25) is 14.2 Å². The predicted octanol–water partition coefficient (Wildman–Crippen LogP) is 2.65. The van der Waals surface area contributed by atoms with Gasteiger partial charge in [-0.25, -0.2) is 0 Å². The highest BCUT2D eigenvalue weighted by molar-refractivity contribution is 6.31. The van der Waals surface area contributed by atoms with E-state index in [0.29, 0.717) is 6.54 Å². The molecule has 6 nitrogen and oxygen atoms in total. The van der Waals surface area contributed by atoms with Gasteiger partial charge in [0.25, 0.3) is 0 Å². The van der Waals surface area contributed by atoms with Crippen molar-refractivity contribution in [1.82, 2.24) is 24.5 Å². The second-order valence-corrected chi connectivity index (χ2v) is 5.83. The molecule has 0 aliphatic carbocycles. The highest BCUT2D eigenvalue weighted by atomic mass is 35.5. The maximum Gasteiger partial charge on any atom is 0.436 e. The molecule has 0 atom stereocenters. The molecule has 0 unspecified atom stereocenters. The lowest BCUT2D eigenvalue weighted by atomic mass is 10.3. The summed E-state index contributed by atoms with van der Waals surface area (Å²) in [4.78, 5) is 13.6. The Hall–Kier alpha value is -2.03. The third-order valence-corrected chi connectivity index (χ3v) is 3.99. The zero-order valence-electron chi connectivity index (χ0n) is 13.4. The van der Waals surface area contributed by atoms with Crippen LogP contribution in [-0.4, -0.2) is 37.4 Å².